The summed E-state index contributed by atoms with van der Waals surface area (Å²) >= 11 is 0.785. The molecule has 1 aliphatic heterocycles. The molecule has 184 valence electrons. The Morgan fingerprint density at radius 1 is 1.20 bits per heavy atom. The van der Waals surface area contributed by atoms with Gasteiger partial charge in [0.1, 0.15) is 12.6 Å². The highest BCUT2D eigenvalue weighted by Gasteiger charge is 2.41. The van der Waals surface area contributed by atoms with Gasteiger partial charge in [0.2, 0.25) is 0 Å². The van der Waals surface area contributed by atoms with E-state index in [2.05, 4.69) is 6.58 Å². The molecule has 0 spiro atoms. The zero-order chi connectivity index (χ0) is 25.5. The zero-order valence-electron chi connectivity index (χ0n) is 20.3. The van der Waals surface area contributed by atoms with Crippen LogP contribution in [0, 0.1) is 6.92 Å². The van der Waals surface area contributed by atoms with Crippen LogP contribution >= 0.6 is 11.8 Å². The van der Waals surface area contributed by atoms with Crippen molar-refractivity contribution in [2.24, 2.45) is 0 Å². The quantitative estimate of drug-likeness (QED) is 0.251. The molecule has 1 saturated heterocycles. The molecule has 0 radical (unpaired) electrons. The second kappa shape index (κ2) is 11.8. The molecule has 2 aromatic rings. The predicted molar refractivity (Wildman–Crippen MR) is 136 cm³/mol. The number of carbonyl (C=O) groups excluding carboxylic acids is 3. The third-order valence-corrected chi connectivity index (χ3v) is 6.26. The Balaban J connectivity index is 1.89. The van der Waals surface area contributed by atoms with Crippen LogP contribution in [0.5, 0.6) is 11.5 Å². The van der Waals surface area contributed by atoms with E-state index in [9.17, 15) is 14.4 Å². The van der Waals surface area contributed by atoms with Crippen molar-refractivity contribution < 1.29 is 28.6 Å². The molecular formula is C27H29NO6S. The van der Waals surface area contributed by atoms with Crippen LogP contribution < -0.4 is 9.47 Å². The van der Waals surface area contributed by atoms with Crippen molar-refractivity contribution in [3.63, 3.8) is 0 Å². The molecule has 2 amide bonds. The lowest BCUT2D eigenvalue weighted by molar-refractivity contribution is -0.150. The fourth-order valence-electron chi connectivity index (χ4n) is 3.56. The summed E-state index contributed by atoms with van der Waals surface area (Å²) in [5.74, 6) is -0.0680. The lowest BCUT2D eigenvalue weighted by Gasteiger charge is -2.19. The van der Waals surface area contributed by atoms with Crippen molar-refractivity contribution in [1.29, 1.82) is 0 Å². The predicted octanol–water partition coefficient (Wildman–Crippen LogP) is 5.30. The highest BCUT2D eigenvalue weighted by atomic mass is 32.2. The molecule has 0 bridgehead atoms. The van der Waals surface area contributed by atoms with E-state index in [-0.39, 0.29) is 11.5 Å². The SMILES string of the molecule is C=CCc1cc(/C=C2/SC(=O)N([C@H](C)C(=O)OCC)C2=O)cc(OC)c1OCc1ccc(C)cc1. The lowest BCUT2D eigenvalue weighted by atomic mass is 10.0. The van der Waals surface area contributed by atoms with E-state index in [0.717, 1.165) is 27.8 Å². The maximum Gasteiger partial charge on any atom is 0.329 e. The second-order valence-corrected chi connectivity index (χ2v) is 8.95. The number of amides is 2. The number of hydrogen-bond donors (Lipinski definition) is 0. The van der Waals surface area contributed by atoms with Gasteiger partial charge in [-0.1, -0.05) is 35.9 Å². The van der Waals surface area contributed by atoms with Crippen LogP contribution in [0.3, 0.4) is 0 Å². The van der Waals surface area contributed by atoms with Crippen molar-refractivity contribution in [2.75, 3.05) is 13.7 Å². The first-order valence-corrected chi connectivity index (χ1v) is 12.0. The van der Waals surface area contributed by atoms with E-state index in [4.69, 9.17) is 14.2 Å². The van der Waals surface area contributed by atoms with E-state index in [0.29, 0.717) is 30.1 Å². The molecule has 0 aliphatic carbocycles. The number of allylic oxidation sites excluding steroid dienone is 1. The molecule has 0 N–H and O–H groups in total. The molecular weight excluding hydrogens is 466 g/mol. The summed E-state index contributed by atoms with van der Waals surface area (Å²) in [5.41, 5.74) is 3.69. The number of carbonyl (C=O) groups is 3. The summed E-state index contributed by atoms with van der Waals surface area (Å²) in [6, 6.07) is 10.7. The summed E-state index contributed by atoms with van der Waals surface area (Å²) in [5, 5.41) is -0.516. The highest BCUT2D eigenvalue weighted by Crippen LogP contribution is 2.38. The maximum absolute atomic E-state index is 12.9. The number of rotatable bonds is 10. The number of methoxy groups -OCH3 is 1. The average molecular weight is 496 g/mol. The summed E-state index contributed by atoms with van der Waals surface area (Å²) in [6.07, 6.45) is 3.89. The maximum atomic E-state index is 12.9. The third kappa shape index (κ3) is 6.14. The number of imide groups is 1. The summed E-state index contributed by atoms with van der Waals surface area (Å²) in [4.78, 5) is 38.6. The smallest absolute Gasteiger partial charge is 0.329 e. The fraction of sp³-hybridized carbons (Fsp3) is 0.296. The minimum atomic E-state index is -1.00. The molecule has 35 heavy (non-hydrogen) atoms. The summed E-state index contributed by atoms with van der Waals surface area (Å²) in [6.45, 7) is 9.53. The van der Waals surface area contributed by atoms with Crippen molar-refractivity contribution in [3.05, 3.63) is 76.2 Å². The molecule has 0 aromatic heterocycles. The minimum Gasteiger partial charge on any atom is -0.493 e. The summed E-state index contributed by atoms with van der Waals surface area (Å²) in [7, 11) is 1.55. The fourth-order valence-corrected chi connectivity index (χ4v) is 4.47. The van der Waals surface area contributed by atoms with Gasteiger partial charge in [-0.05, 0) is 68.3 Å². The van der Waals surface area contributed by atoms with Crippen LogP contribution in [0.15, 0.2) is 54.0 Å². The third-order valence-electron chi connectivity index (χ3n) is 5.38. The van der Waals surface area contributed by atoms with Crippen LogP contribution in [-0.2, 0) is 27.4 Å². The van der Waals surface area contributed by atoms with Gasteiger partial charge >= 0.3 is 5.97 Å². The Bertz CT molecular complexity index is 1160. The topological polar surface area (TPSA) is 82.1 Å². The Hall–Kier alpha value is -3.52. The first kappa shape index (κ1) is 26.1. The Labute approximate surface area is 209 Å². The molecule has 0 saturated carbocycles. The van der Waals surface area contributed by atoms with E-state index < -0.39 is 23.2 Å². The van der Waals surface area contributed by atoms with Gasteiger partial charge in [-0.3, -0.25) is 14.5 Å². The van der Waals surface area contributed by atoms with Gasteiger partial charge in [-0.25, -0.2) is 4.79 Å². The molecule has 1 heterocycles. The molecule has 3 rings (SSSR count). The number of ether oxygens (including phenoxy) is 3. The monoisotopic (exact) mass is 495 g/mol. The second-order valence-electron chi connectivity index (χ2n) is 7.96. The van der Waals surface area contributed by atoms with Crippen molar-refractivity contribution in [1.82, 2.24) is 4.90 Å². The van der Waals surface area contributed by atoms with Crippen LogP contribution in [0.1, 0.15) is 36.1 Å². The number of nitrogens with zero attached hydrogens (tertiary/aromatic N) is 1. The molecule has 0 unspecified atom stereocenters. The van der Waals surface area contributed by atoms with E-state index >= 15 is 0 Å². The largest absolute Gasteiger partial charge is 0.493 e. The van der Waals surface area contributed by atoms with E-state index in [1.54, 1.807) is 32.3 Å². The van der Waals surface area contributed by atoms with Crippen molar-refractivity contribution >= 4 is 35.0 Å². The van der Waals surface area contributed by atoms with Crippen LogP contribution in [0.25, 0.3) is 6.08 Å². The van der Waals surface area contributed by atoms with E-state index in [1.807, 2.05) is 37.3 Å². The first-order valence-electron chi connectivity index (χ1n) is 11.2. The Kier molecular flexibility index (Phi) is 8.76. The van der Waals surface area contributed by atoms with Crippen LogP contribution in [0.4, 0.5) is 4.79 Å². The van der Waals surface area contributed by atoms with Gasteiger partial charge < -0.3 is 14.2 Å². The standard InChI is InChI=1S/C27H29NO6S/c1-6-8-21-13-20(14-22(32-5)24(21)34-16-19-11-9-17(3)10-12-19)15-23-25(29)28(27(31)35-23)18(4)26(30)33-7-2/h6,9-15,18H,1,7-8,16H2,2-5H3/b23-15+/t18-/m1/s1. The average Bonchev–Trinajstić information content (AvgIpc) is 3.11. The minimum absolute atomic E-state index is 0.166. The number of benzene rings is 2. The van der Waals surface area contributed by atoms with Crippen molar-refractivity contribution in [3.8, 4) is 11.5 Å². The van der Waals surface area contributed by atoms with Gasteiger partial charge in [0, 0.05) is 5.56 Å². The number of esters is 1. The summed E-state index contributed by atoms with van der Waals surface area (Å²) < 4.78 is 16.7. The highest BCUT2D eigenvalue weighted by molar-refractivity contribution is 8.18. The van der Waals surface area contributed by atoms with Gasteiger partial charge in [-0.2, -0.15) is 0 Å². The normalized spacial score (nSPS) is 15.3. The molecule has 1 atom stereocenters. The zero-order valence-corrected chi connectivity index (χ0v) is 21.1. The van der Waals surface area contributed by atoms with Gasteiger partial charge in [0.05, 0.1) is 18.6 Å². The van der Waals surface area contributed by atoms with E-state index in [1.165, 1.54) is 12.5 Å². The number of thioether (sulfide) groups is 1. The van der Waals surface area contributed by atoms with Gasteiger partial charge in [0.15, 0.2) is 11.5 Å². The molecule has 7 nitrogen and oxygen atoms in total. The molecule has 1 aliphatic rings. The lowest BCUT2D eigenvalue weighted by Crippen LogP contribution is -2.42. The van der Waals surface area contributed by atoms with Gasteiger partial charge in [-0.15, -0.1) is 6.58 Å². The molecule has 2 aromatic carbocycles. The molecule has 8 heteroatoms. The number of aryl methyl sites for hydroxylation is 1. The van der Waals surface area contributed by atoms with Crippen LogP contribution in [-0.4, -0.2) is 41.8 Å². The van der Waals surface area contributed by atoms with Crippen LogP contribution in [0.2, 0.25) is 0 Å². The Morgan fingerprint density at radius 2 is 1.91 bits per heavy atom. The van der Waals surface area contributed by atoms with Gasteiger partial charge in [0.25, 0.3) is 11.1 Å². The Morgan fingerprint density at radius 3 is 2.54 bits per heavy atom. The van der Waals surface area contributed by atoms with Crippen molar-refractivity contribution in [2.45, 2.75) is 39.8 Å². The number of hydrogen-bond acceptors (Lipinski definition) is 7. The molecule has 1 fully saturated rings. The first-order chi connectivity index (χ1) is 16.8.